The third-order valence-corrected chi connectivity index (χ3v) is 2.89. The van der Waals surface area contributed by atoms with Crippen molar-refractivity contribution in [3.63, 3.8) is 0 Å². The van der Waals surface area contributed by atoms with Crippen molar-refractivity contribution in [2.45, 2.75) is 32.6 Å². The highest BCUT2D eigenvalue weighted by atomic mass is 16.3. The molecule has 0 atom stereocenters. The number of hydrogen-bond acceptors (Lipinski definition) is 2. The van der Waals surface area contributed by atoms with Crippen LogP contribution in [0.5, 0.6) is 0 Å². The minimum Gasteiger partial charge on any atom is -0.145 e. The normalized spacial score (nSPS) is 15.2. The molecule has 0 amide bonds. The molecule has 1 aromatic carbocycles. The highest BCUT2D eigenvalue weighted by Gasteiger charge is 2.13. The molecule has 0 unspecified atom stereocenters. The molecule has 1 aromatic rings. The van der Waals surface area contributed by atoms with Crippen molar-refractivity contribution >= 4 is 5.69 Å². The molecule has 2 rings (SSSR count). The summed E-state index contributed by atoms with van der Waals surface area (Å²) < 4.78 is 0. The Morgan fingerprint density at radius 2 is 2.00 bits per heavy atom. The zero-order chi connectivity index (χ0) is 9.26. The Kier molecular flexibility index (Phi) is 2.13. The van der Waals surface area contributed by atoms with Crippen LogP contribution in [-0.2, 0) is 12.8 Å². The van der Waals surface area contributed by atoms with Gasteiger partial charge in [0.2, 0.25) is 0 Å². The van der Waals surface area contributed by atoms with Gasteiger partial charge in [0.1, 0.15) is 5.69 Å². The first kappa shape index (κ1) is 8.42. The van der Waals surface area contributed by atoms with E-state index in [9.17, 15) is 4.91 Å². The van der Waals surface area contributed by atoms with E-state index in [2.05, 4.69) is 11.2 Å². The van der Waals surface area contributed by atoms with Crippen molar-refractivity contribution in [3.8, 4) is 0 Å². The third kappa shape index (κ3) is 1.37. The highest BCUT2D eigenvalue weighted by molar-refractivity contribution is 5.53. The second kappa shape index (κ2) is 3.29. The van der Waals surface area contributed by atoms with E-state index in [-0.39, 0.29) is 0 Å². The summed E-state index contributed by atoms with van der Waals surface area (Å²) in [6.07, 6.45) is 4.80. The van der Waals surface area contributed by atoms with Gasteiger partial charge in [0.15, 0.2) is 0 Å². The molecule has 0 radical (unpaired) electrons. The molecule has 0 saturated carbocycles. The van der Waals surface area contributed by atoms with Crippen LogP contribution in [0.4, 0.5) is 5.69 Å². The van der Waals surface area contributed by atoms with E-state index >= 15 is 0 Å². The number of nitroso groups, excluding NO2 is 1. The average Bonchev–Trinajstić information content (AvgIpc) is 2.19. The van der Waals surface area contributed by atoms with Crippen molar-refractivity contribution in [1.82, 2.24) is 0 Å². The van der Waals surface area contributed by atoms with Gasteiger partial charge in [0.05, 0.1) is 0 Å². The fourth-order valence-electron chi connectivity index (χ4n) is 2.10. The number of benzene rings is 1. The lowest BCUT2D eigenvalue weighted by atomic mass is 9.88. The molecule has 0 spiro atoms. The third-order valence-electron chi connectivity index (χ3n) is 2.89. The monoisotopic (exact) mass is 175 g/mol. The lowest BCUT2D eigenvalue weighted by Gasteiger charge is -2.18. The van der Waals surface area contributed by atoms with Gasteiger partial charge in [-0.1, -0.05) is 6.07 Å². The lowest BCUT2D eigenvalue weighted by Crippen LogP contribution is -2.04. The van der Waals surface area contributed by atoms with Crippen molar-refractivity contribution < 1.29 is 0 Å². The standard InChI is InChI=1S/C11H13NO/c1-8-10-5-3-2-4-9(10)6-7-11(8)12-13/h6-7H,2-5H2,1H3. The average molecular weight is 175 g/mol. The first-order chi connectivity index (χ1) is 6.33. The van der Waals surface area contributed by atoms with Crippen LogP contribution in [0, 0.1) is 11.8 Å². The van der Waals surface area contributed by atoms with Crippen molar-refractivity contribution in [3.05, 3.63) is 33.7 Å². The molecule has 0 aromatic heterocycles. The maximum atomic E-state index is 10.5. The van der Waals surface area contributed by atoms with E-state index in [1.807, 2.05) is 13.0 Å². The second-order valence-electron chi connectivity index (χ2n) is 3.65. The maximum Gasteiger partial charge on any atom is 0.111 e. The van der Waals surface area contributed by atoms with E-state index in [4.69, 9.17) is 0 Å². The SMILES string of the molecule is Cc1c(N=O)ccc2c1CCCC2. The maximum absolute atomic E-state index is 10.5. The topological polar surface area (TPSA) is 29.4 Å². The summed E-state index contributed by atoms with van der Waals surface area (Å²) >= 11 is 0. The lowest BCUT2D eigenvalue weighted by molar-refractivity contribution is 0.682. The number of fused-ring (bicyclic) bond motifs is 1. The Hall–Kier alpha value is -1.18. The zero-order valence-electron chi connectivity index (χ0n) is 7.84. The Labute approximate surface area is 77.9 Å². The Morgan fingerprint density at radius 1 is 1.23 bits per heavy atom. The molecule has 68 valence electrons. The molecule has 2 nitrogen and oxygen atoms in total. The summed E-state index contributed by atoms with van der Waals surface area (Å²) in [7, 11) is 0. The van der Waals surface area contributed by atoms with Gasteiger partial charge in [0.25, 0.3) is 0 Å². The molecule has 2 heteroatoms. The van der Waals surface area contributed by atoms with Crippen LogP contribution in [0.25, 0.3) is 0 Å². The van der Waals surface area contributed by atoms with Gasteiger partial charge < -0.3 is 0 Å². The number of hydrogen-bond donors (Lipinski definition) is 0. The van der Waals surface area contributed by atoms with E-state index in [0.29, 0.717) is 5.69 Å². The zero-order valence-corrected chi connectivity index (χ0v) is 7.84. The van der Waals surface area contributed by atoms with Crippen LogP contribution < -0.4 is 0 Å². The van der Waals surface area contributed by atoms with Gasteiger partial charge in [-0.15, -0.1) is 4.91 Å². The number of aryl methyl sites for hydroxylation is 1. The van der Waals surface area contributed by atoms with Crippen LogP contribution in [0.2, 0.25) is 0 Å². The summed E-state index contributed by atoms with van der Waals surface area (Å²) in [5, 5.41) is 3.03. The van der Waals surface area contributed by atoms with Crippen LogP contribution in [-0.4, -0.2) is 0 Å². The van der Waals surface area contributed by atoms with Gasteiger partial charge in [-0.2, -0.15) is 0 Å². The minimum absolute atomic E-state index is 0.612. The Balaban J connectivity index is 2.54. The summed E-state index contributed by atoms with van der Waals surface area (Å²) in [6.45, 7) is 2.00. The summed E-state index contributed by atoms with van der Waals surface area (Å²) in [5.41, 5.74) is 4.48. The first-order valence-corrected chi connectivity index (χ1v) is 4.77. The molecule has 0 bridgehead atoms. The summed E-state index contributed by atoms with van der Waals surface area (Å²) in [6, 6.07) is 3.89. The number of rotatable bonds is 1. The highest BCUT2D eigenvalue weighted by Crippen LogP contribution is 2.30. The quantitative estimate of drug-likeness (QED) is 0.602. The smallest absolute Gasteiger partial charge is 0.111 e. The molecular weight excluding hydrogens is 162 g/mol. The van der Waals surface area contributed by atoms with Crippen molar-refractivity contribution in [2.75, 3.05) is 0 Å². The molecule has 0 N–H and O–H groups in total. The van der Waals surface area contributed by atoms with Crippen LogP contribution >= 0.6 is 0 Å². The largest absolute Gasteiger partial charge is 0.145 e. The fraction of sp³-hybridized carbons (Fsp3) is 0.455. The van der Waals surface area contributed by atoms with Crippen LogP contribution in [0.15, 0.2) is 17.3 Å². The van der Waals surface area contributed by atoms with E-state index in [1.54, 1.807) is 0 Å². The molecule has 0 heterocycles. The van der Waals surface area contributed by atoms with E-state index in [1.165, 1.54) is 24.0 Å². The van der Waals surface area contributed by atoms with Gasteiger partial charge in [-0.25, -0.2) is 0 Å². The Morgan fingerprint density at radius 3 is 2.77 bits per heavy atom. The van der Waals surface area contributed by atoms with Gasteiger partial charge >= 0.3 is 0 Å². The number of nitrogens with zero attached hydrogens (tertiary/aromatic N) is 1. The molecule has 13 heavy (non-hydrogen) atoms. The summed E-state index contributed by atoms with van der Waals surface area (Å²) in [5.74, 6) is 0. The van der Waals surface area contributed by atoms with Crippen molar-refractivity contribution in [1.29, 1.82) is 0 Å². The van der Waals surface area contributed by atoms with Gasteiger partial charge in [-0.3, -0.25) is 0 Å². The van der Waals surface area contributed by atoms with E-state index in [0.717, 1.165) is 18.4 Å². The Bertz CT molecular complexity index is 344. The molecule has 0 fully saturated rings. The molecule has 1 aliphatic rings. The van der Waals surface area contributed by atoms with Gasteiger partial charge in [0, 0.05) is 0 Å². The predicted molar refractivity (Wildman–Crippen MR) is 53.3 cm³/mol. The van der Waals surface area contributed by atoms with Crippen molar-refractivity contribution in [2.24, 2.45) is 5.18 Å². The van der Waals surface area contributed by atoms with E-state index < -0.39 is 0 Å². The minimum atomic E-state index is 0.612. The second-order valence-corrected chi connectivity index (χ2v) is 3.65. The predicted octanol–water partition coefficient (Wildman–Crippen LogP) is 3.27. The molecule has 1 aliphatic carbocycles. The fourth-order valence-corrected chi connectivity index (χ4v) is 2.10. The summed E-state index contributed by atoms with van der Waals surface area (Å²) in [4.78, 5) is 10.5. The molecule has 0 saturated heterocycles. The van der Waals surface area contributed by atoms with Crippen LogP contribution in [0.1, 0.15) is 29.5 Å². The molecular formula is C11H13NO. The molecule has 0 aliphatic heterocycles. The first-order valence-electron chi connectivity index (χ1n) is 4.77. The van der Waals surface area contributed by atoms with Gasteiger partial charge in [-0.05, 0) is 60.5 Å². The van der Waals surface area contributed by atoms with Crippen LogP contribution in [0.3, 0.4) is 0 Å².